The molecule has 1 fully saturated rings. The molecular formula is C16H21BrN2O3S. The van der Waals surface area contributed by atoms with Crippen LogP contribution >= 0.6 is 15.9 Å². The van der Waals surface area contributed by atoms with Crippen LogP contribution in [0.2, 0.25) is 0 Å². The van der Waals surface area contributed by atoms with E-state index in [0.29, 0.717) is 17.6 Å². The SMILES string of the molecule is CC(=O)N1c2cc(S(=O)(=O)N3CCCCC3)c(Br)cc2C[C@@H]1C. The molecule has 1 aromatic carbocycles. The molecule has 1 amide bonds. The Bertz CT molecular complexity index is 742. The Balaban J connectivity index is 2.06. The van der Waals surface area contributed by atoms with Crippen LogP contribution in [0, 0.1) is 0 Å². The molecule has 126 valence electrons. The number of benzene rings is 1. The van der Waals surface area contributed by atoms with Crippen molar-refractivity contribution in [2.24, 2.45) is 0 Å². The van der Waals surface area contributed by atoms with Crippen LogP contribution in [0.3, 0.4) is 0 Å². The normalized spacial score (nSPS) is 22.2. The van der Waals surface area contributed by atoms with E-state index in [1.54, 1.807) is 15.3 Å². The molecule has 0 spiro atoms. The number of sulfonamides is 1. The zero-order valence-electron chi connectivity index (χ0n) is 13.4. The van der Waals surface area contributed by atoms with E-state index in [1.165, 1.54) is 6.92 Å². The highest BCUT2D eigenvalue weighted by Crippen LogP contribution is 2.39. The van der Waals surface area contributed by atoms with E-state index >= 15 is 0 Å². The molecule has 2 heterocycles. The lowest BCUT2D eigenvalue weighted by atomic mass is 10.1. The van der Waals surface area contributed by atoms with Gasteiger partial charge in [0.25, 0.3) is 0 Å². The second kappa shape index (κ2) is 6.18. The van der Waals surface area contributed by atoms with Crippen molar-refractivity contribution in [3.05, 3.63) is 22.2 Å². The fourth-order valence-electron chi connectivity index (χ4n) is 3.54. The van der Waals surface area contributed by atoms with Crippen molar-refractivity contribution in [1.82, 2.24) is 4.31 Å². The lowest BCUT2D eigenvalue weighted by Crippen LogP contribution is -2.36. The second-order valence-electron chi connectivity index (χ2n) is 6.32. The van der Waals surface area contributed by atoms with Crippen LogP contribution in [-0.2, 0) is 21.2 Å². The average Bonchev–Trinajstić information content (AvgIpc) is 2.82. The maximum absolute atomic E-state index is 13.0. The number of halogens is 1. The molecule has 0 saturated carbocycles. The summed E-state index contributed by atoms with van der Waals surface area (Å²) >= 11 is 3.42. The lowest BCUT2D eigenvalue weighted by Gasteiger charge is -2.27. The van der Waals surface area contributed by atoms with Gasteiger partial charge in [0, 0.05) is 36.2 Å². The van der Waals surface area contributed by atoms with Gasteiger partial charge in [0.1, 0.15) is 0 Å². The minimum absolute atomic E-state index is 0.0557. The average molecular weight is 401 g/mol. The molecule has 2 aliphatic rings. The van der Waals surface area contributed by atoms with Crippen LogP contribution in [0.1, 0.15) is 38.7 Å². The summed E-state index contributed by atoms with van der Waals surface area (Å²) in [7, 11) is -3.53. The summed E-state index contributed by atoms with van der Waals surface area (Å²) in [6.07, 6.45) is 3.63. The van der Waals surface area contributed by atoms with Crippen molar-refractivity contribution < 1.29 is 13.2 Å². The molecule has 0 unspecified atom stereocenters. The Kier molecular flexibility index (Phi) is 4.55. The fourth-order valence-corrected chi connectivity index (χ4v) is 6.13. The highest BCUT2D eigenvalue weighted by Gasteiger charge is 2.34. The van der Waals surface area contributed by atoms with Gasteiger partial charge in [0.2, 0.25) is 15.9 Å². The van der Waals surface area contributed by atoms with E-state index < -0.39 is 10.0 Å². The number of carbonyl (C=O) groups is 1. The number of nitrogens with zero attached hydrogens (tertiary/aromatic N) is 2. The van der Waals surface area contributed by atoms with Crippen LogP contribution in [0.25, 0.3) is 0 Å². The summed E-state index contributed by atoms with van der Waals surface area (Å²) in [5.74, 6) is -0.0557. The van der Waals surface area contributed by atoms with Crippen molar-refractivity contribution in [1.29, 1.82) is 0 Å². The van der Waals surface area contributed by atoms with Crippen LogP contribution in [-0.4, -0.2) is 37.8 Å². The summed E-state index contributed by atoms with van der Waals surface area (Å²) in [5.41, 5.74) is 1.74. The molecule has 1 atom stereocenters. The van der Waals surface area contributed by atoms with Crippen LogP contribution < -0.4 is 4.90 Å². The third kappa shape index (κ3) is 2.94. The van der Waals surface area contributed by atoms with Gasteiger partial charge >= 0.3 is 0 Å². The summed E-state index contributed by atoms with van der Waals surface area (Å²) < 4.78 is 28.1. The molecule has 0 bridgehead atoms. The lowest BCUT2D eigenvalue weighted by molar-refractivity contribution is -0.116. The highest BCUT2D eigenvalue weighted by molar-refractivity contribution is 9.10. The first-order chi connectivity index (χ1) is 10.8. The van der Waals surface area contributed by atoms with Crippen LogP contribution in [0.15, 0.2) is 21.5 Å². The van der Waals surface area contributed by atoms with Crippen LogP contribution in [0.4, 0.5) is 5.69 Å². The number of hydrogen-bond donors (Lipinski definition) is 0. The zero-order chi connectivity index (χ0) is 16.8. The van der Waals surface area contributed by atoms with Crippen LogP contribution in [0.5, 0.6) is 0 Å². The largest absolute Gasteiger partial charge is 0.309 e. The molecule has 0 radical (unpaired) electrons. The molecule has 1 saturated heterocycles. The molecule has 23 heavy (non-hydrogen) atoms. The Hall–Kier alpha value is -0.920. The first-order valence-corrected chi connectivity index (χ1v) is 10.2. The Morgan fingerprint density at radius 1 is 1.22 bits per heavy atom. The van der Waals surface area contributed by atoms with Gasteiger partial charge < -0.3 is 4.90 Å². The first kappa shape index (κ1) is 16.9. The van der Waals surface area contributed by atoms with Crippen molar-refractivity contribution in [2.75, 3.05) is 18.0 Å². The Labute approximate surface area is 145 Å². The van der Waals surface area contributed by atoms with Gasteiger partial charge in [0.05, 0.1) is 4.90 Å². The van der Waals surface area contributed by atoms with E-state index in [4.69, 9.17) is 0 Å². The summed E-state index contributed by atoms with van der Waals surface area (Å²) in [6.45, 7) is 4.64. The fraction of sp³-hybridized carbons (Fsp3) is 0.562. The zero-order valence-corrected chi connectivity index (χ0v) is 15.8. The number of hydrogen-bond acceptors (Lipinski definition) is 3. The third-order valence-corrected chi connectivity index (χ3v) is 7.48. The molecule has 0 aromatic heterocycles. The van der Waals surface area contributed by atoms with Gasteiger partial charge in [-0.05, 0) is 59.8 Å². The van der Waals surface area contributed by atoms with E-state index in [1.807, 2.05) is 13.0 Å². The highest BCUT2D eigenvalue weighted by atomic mass is 79.9. The molecule has 0 N–H and O–H groups in total. The van der Waals surface area contributed by atoms with Gasteiger partial charge in [0.15, 0.2) is 0 Å². The van der Waals surface area contributed by atoms with E-state index in [2.05, 4.69) is 15.9 Å². The predicted octanol–water partition coefficient (Wildman–Crippen LogP) is 2.92. The Morgan fingerprint density at radius 2 is 1.87 bits per heavy atom. The predicted molar refractivity (Wildman–Crippen MR) is 93.1 cm³/mol. The summed E-state index contributed by atoms with van der Waals surface area (Å²) in [4.78, 5) is 13.9. The smallest absolute Gasteiger partial charge is 0.244 e. The minimum atomic E-state index is -3.53. The molecular weight excluding hydrogens is 380 g/mol. The first-order valence-electron chi connectivity index (χ1n) is 7.94. The number of anilines is 1. The molecule has 5 nitrogen and oxygen atoms in total. The number of rotatable bonds is 2. The third-order valence-electron chi connectivity index (χ3n) is 4.62. The number of fused-ring (bicyclic) bond motifs is 1. The van der Waals surface area contributed by atoms with Crippen molar-refractivity contribution >= 4 is 37.5 Å². The van der Waals surface area contributed by atoms with Gasteiger partial charge in [-0.1, -0.05) is 6.42 Å². The van der Waals surface area contributed by atoms with Crippen molar-refractivity contribution in [3.8, 4) is 0 Å². The monoisotopic (exact) mass is 400 g/mol. The van der Waals surface area contributed by atoms with Gasteiger partial charge in [-0.25, -0.2) is 8.42 Å². The van der Waals surface area contributed by atoms with Crippen molar-refractivity contribution in [2.45, 2.75) is 50.5 Å². The molecule has 7 heteroatoms. The molecule has 1 aromatic rings. The standard InChI is InChI=1S/C16H21BrN2O3S/c1-11-8-13-9-14(17)16(10-15(13)19(11)12(2)20)23(21,22)18-6-4-3-5-7-18/h9-11H,3-8H2,1-2H3/t11-/m0/s1. The quantitative estimate of drug-likeness (QED) is 0.766. The van der Waals surface area contributed by atoms with Gasteiger partial charge in [-0.3, -0.25) is 4.79 Å². The molecule has 0 aliphatic carbocycles. The van der Waals surface area contributed by atoms with Gasteiger partial charge in [-0.2, -0.15) is 4.31 Å². The number of amides is 1. The van der Waals surface area contributed by atoms with E-state index in [9.17, 15) is 13.2 Å². The summed E-state index contributed by atoms with van der Waals surface area (Å²) in [6, 6.07) is 3.57. The maximum atomic E-state index is 13.0. The van der Waals surface area contributed by atoms with Gasteiger partial charge in [-0.15, -0.1) is 0 Å². The Morgan fingerprint density at radius 3 is 2.48 bits per heavy atom. The van der Waals surface area contributed by atoms with Crippen molar-refractivity contribution in [3.63, 3.8) is 0 Å². The topological polar surface area (TPSA) is 57.7 Å². The summed E-state index contributed by atoms with van der Waals surface area (Å²) in [5, 5.41) is 0. The van der Waals surface area contributed by atoms with E-state index in [0.717, 1.165) is 36.9 Å². The molecule has 2 aliphatic heterocycles. The number of piperidine rings is 1. The maximum Gasteiger partial charge on any atom is 0.244 e. The van der Waals surface area contributed by atoms with E-state index in [-0.39, 0.29) is 16.8 Å². The second-order valence-corrected chi connectivity index (χ2v) is 9.08. The molecule has 3 rings (SSSR count). The number of carbonyl (C=O) groups excluding carboxylic acids is 1. The minimum Gasteiger partial charge on any atom is -0.309 e.